The second-order valence-corrected chi connectivity index (χ2v) is 5.46. The van der Waals surface area contributed by atoms with Crippen LogP contribution in [0.15, 0.2) is 11.8 Å². The van der Waals surface area contributed by atoms with Crippen LogP contribution >= 0.6 is 0 Å². The molecule has 0 fully saturated rings. The first-order valence-electron chi connectivity index (χ1n) is 3.40. The van der Waals surface area contributed by atoms with Crippen LogP contribution in [0.5, 0.6) is 0 Å². The molecule has 1 aliphatic heterocycles. The lowest BCUT2D eigenvalue weighted by atomic mass is 10.4. The van der Waals surface area contributed by atoms with E-state index in [4.69, 9.17) is 4.74 Å². The van der Waals surface area contributed by atoms with Crippen molar-refractivity contribution in [2.45, 2.75) is 25.6 Å². The normalized spacial score (nSPS) is 17.9. The number of hydrogen-bond acceptors (Lipinski definition) is 1. The smallest absolute Gasteiger partial charge is 0.0912 e. The van der Waals surface area contributed by atoms with Crippen LogP contribution in [-0.4, -0.2) is 15.4 Å². The molecule has 0 amide bonds. The van der Waals surface area contributed by atoms with Gasteiger partial charge in [-0.15, -0.1) is 0 Å². The predicted molar refractivity (Wildman–Crippen MR) is 40.9 cm³/mol. The molecule has 1 nitrogen and oxygen atoms in total. The van der Waals surface area contributed by atoms with Crippen molar-refractivity contribution < 1.29 is 4.74 Å². The van der Waals surface area contributed by atoms with Gasteiger partial charge in [-0.3, -0.25) is 0 Å². The zero-order valence-electron chi connectivity index (χ0n) is 6.11. The fourth-order valence-corrected chi connectivity index (χ4v) is 1.88. The summed E-state index contributed by atoms with van der Waals surface area (Å²) in [6.07, 6.45) is 3.35. The molecule has 1 rings (SSSR count). The Hall–Kier alpha value is -0.243. The molecule has 0 bridgehead atoms. The van der Waals surface area contributed by atoms with E-state index in [1.54, 1.807) is 0 Å². The molecule has 51 valence electrons. The summed E-state index contributed by atoms with van der Waals surface area (Å²) in [5.41, 5.74) is 0. The summed E-state index contributed by atoms with van der Waals surface area (Å²) in [6, 6.07) is 1.21. The van der Waals surface area contributed by atoms with E-state index in [2.05, 4.69) is 19.2 Å². The molecule has 9 heavy (non-hydrogen) atoms. The Balaban J connectivity index is 2.26. The largest absolute Gasteiger partial charge is 0.498 e. The minimum absolute atomic E-state index is 0.111. The van der Waals surface area contributed by atoms with Gasteiger partial charge < -0.3 is 4.74 Å². The molecule has 0 aromatic heterocycles. The zero-order chi connectivity index (χ0) is 6.69. The van der Waals surface area contributed by atoms with Crippen molar-refractivity contribution >= 4 is 8.80 Å². The third-order valence-corrected chi connectivity index (χ3v) is 2.36. The van der Waals surface area contributed by atoms with Gasteiger partial charge >= 0.3 is 0 Å². The summed E-state index contributed by atoms with van der Waals surface area (Å²) >= 11 is 0. The summed E-state index contributed by atoms with van der Waals surface area (Å²) in [5, 5.41) is 0. The zero-order valence-corrected chi connectivity index (χ0v) is 7.11. The Morgan fingerprint density at radius 1 is 1.67 bits per heavy atom. The van der Waals surface area contributed by atoms with Gasteiger partial charge in [0.1, 0.15) is 0 Å². The van der Waals surface area contributed by atoms with Crippen molar-refractivity contribution in [3.05, 3.63) is 11.8 Å². The summed E-state index contributed by atoms with van der Waals surface area (Å²) in [6.45, 7) is 5.55. The van der Waals surface area contributed by atoms with E-state index in [9.17, 15) is 0 Å². The maximum absolute atomic E-state index is 5.35. The molecular weight excluding hydrogens is 128 g/mol. The van der Waals surface area contributed by atoms with E-state index in [0.717, 1.165) is 13.0 Å². The van der Waals surface area contributed by atoms with Crippen LogP contribution < -0.4 is 0 Å². The van der Waals surface area contributed by atoms with Crippen molar-refractivity contribution in [1.29, 1.82) is 0 Å². The van der Waals surface area contributed by atoms with E-state index < -0.39 is 0 Å². The minimum atomic E-state index is -0.111. The summed E-state index contributed by atoms with van der Waals surface area (Å²) in [7, 11) is -0.111. The van der Waals surface area contributed by atoms with E-state index in [1.807, 2.05) is 0 Å². The van der Waals surface area contributed by atoms with Crippen LogP contribution in [-0.2, 0) is 4.74 Å². The monoisotopic (exact) mass is 141 g/mol. The summed E-state index contributed by atoms with van der Waals surface area (Å²) in [4.78, 5) is 0. The number of ether oxygens (including phenoxy) is 1. The van der Waals surface area contributed by atoms with E-state index in [-0.39, 0.29) is 8.80 Å². The molecule has 1 radical (unpaired) electrons. The highest BCUT2D eigenvalue weighted by Crippen LogP contribution is 2.14. The highest BCUT2D eigenvalue weighted by Gasteiger charge is 2.07. The number of allylic oxidation sites excluding steroid dienone is 1. The maximum Gasteiger partial charge on any atom is 0.0912 e. The fourth-order valence-electron chi connectivity index (χ4n) is 0.941. The molecule has 0 aromatic carbocycles. The predicted octanol–water partition coefficient (Wildman–Crippen LogP) is 2.04. The van der Waals surface area contributed by atoms with Gasteiger partial charge in [0.15, 0.2) is 0 Å². The van der Waals surface area contributed by atoms with Crippen molar-refractivity contribution in [3.8, 4) is 0 Å². The van der Waals surface area contributed by atoms with Crippen molar-refractivity contribution in [3.63, 3.8) is 0 Å². The Morgan fingerprint density at radius 2 is 2.44 bits per heavy atom. The molecule has 0 saturated carbocycles. The van der Waals surface area contributed by atoms with Crippen LogP contribution in [0.3, 0.4) is 0 Å². The Labute approximate surface area is 58.3 Å². The molecular formula is C7H13OSi. The van der Waals surface area contributed by atoms with Gasteiger partial charge in [-0.05, 0) is 12.1 Å². The van der Waals surface area contributed by atoms with Crippen LogP contribution in [0.1, 0.15) is 6.42 Å². The molecule has 0 aliphatic carbocycles. The summed E-state index contributed by atoms with van der Waals surface area (Å²) < 4.78 is 5.35. The average molecular weight is 141 g/mol. The second-order valence-electron chi connectivity index (χ2n) is 2.69. The third kappa shape index (κ3) is 2.22. The van der Waals surface area contributed by atoms with Crippen LogP contribution in [0.25, 0.3) is 0 Å². The Morgan fingerprint density at radius 3 is 2.89 bits per heavy atom. The minimum Gasteiger partial charge on any atom is -0.498 e. The van der Waals surface area contributed by atoms with Gasteiger partial charge in [0, 0.05) is 6.42 Å². The SMILES string of the molecule is C[Si](C)CC1=CCCO1. The topological polar surface area (TPSA) is 9.23 Å². The number of hydrogen-bond donors (Lipinski definition) is 0. The third-order valence-electron chi connectivity index (χ3n) is 1.31. The van der Waals surface area contributed by atoms with E-state index in [0.29, 0.717) is 0 Å². The molecule has 0 spiro atoms. The van der Waals surface area contributed by atoms with Gasteiger partial charge in [-0.2, -0.15) is 0 Å². The summed E-state index contributed by atoms with van der Waals surface area (Å²) in [5.74, 6) is 1.24. The average Bonchev–Trinajstić information content (AvgIpc) is 2.15. The van der Waals surface area contributed by atoms with Crippen LogP contribution in [0.4, 0.5) is 0 Å². The highest BCUT2D eigenvalue weighted by atomic mass is 28.3. The molecule has 1 aliphatic rings. The van der Waals surface area contributed by atoms with Crippen molar-refractivity contribution in [1.82, 2.24) is 0 Å². The molecule has 1 heterocycles. The highest BCUT2D eigenvalue weighted by molar-refractivity contribution is 6.56. The molecule has 0 atom stereocenters. The van der Waals surface area contributed by atoms with Gasteiger partial charge in [-0.1, -0.05) is 13.1 Å². The van der Waals surface area contributed by atoms with Gasteiger partial charge in [0.2, 0.25) is 0 Å². The standard InChI is InChI=1S/C7H13OSi/c1-9(2)6-7-4-3-5-8-7/h4H,3,5-6H2,1-2H3. The molecule has 0 unspecified atom stereocenters. The number of rotatable bonds is 2. The quantitative estimate of drug-likeness (QED) is 0.535. The van der Waals surface area contributed by atoms with E-state index >= 15 is 0 Å². The lowest BCUT2D eigenvalue weighted by Crippen LogP contribution is -2.00. The maximum atomic E-state index is 5.35. The first-order chi connectivity index (χ1) is 4.29. The first kappa shape index (κ1) is 6.87. The van der Waals surface area contributed by atoms with Gasteiger partial charge in [-0.25, -0.2) is 0 Å². The van der Waals surface area contributed by atoms with Gasteiger partial charge in [0.25, 0.3) is 0 Å². The fraction of sp³-hybridized carbons (Fsp3) is 0.714. The van der Waals surface area contributed by atoms with Gasteiger partial charge in [0.05, 0.1) is 21.2 Å². The van der Waals surface area contributed by atoms with Crippen molar-refractivity contribution in [2.24, 2.45) is 0 Å². The van der Waals surface area contributed by atoms with E-state index in [1.165, 1.54) is 11.8 Å². The Bertz CT molecular complexity index is 118. The molecule has 2 heteroatoms. The van der Waals surface area contributed by atoms with Crippen molar-refractivity contribution in [2.75, 3.05) is 6.61 Å². The second kappa shape index (κ2) is 3.06. The van der Waals surface area contributed by atoms with Crippen LogP contribution in [0, 0.1) is 0 Å². The molecule has 0 N–H and O–H groups in total. The Kier molecular flexibility index (Phi) is 2.34. The molecule has 0 aromatic rings. The molecule has 0 saturated heterocycles. The first-order valence-corrected chi connectivity index (χ1v) is 6.10. The lowest BCUT2D eigenvalue weighted by Gasteiger charge is -2.03. The lowest BCUT2D eigenvalue weighted by molar-refractivity contribution is 0.246. The van der Waals surface area contributed by atoms with Crippen LogP contribution in [0.2, 0.25) is 19.1 Å².